The zero-order valence-corrected chi connectivity index (χ0v) is 8.33. The van der Waals surface area contributed by atoms with E-state index in [4.69, 9.17) is 9.47 Å². The zero-order valence-electron chi connectivity index (χ0n) is 8.33. The van der Waals surface area contributed by atoms with Crippen LogP contribution in [0.2, 0.25) is 0 Å². The van der Waals surface area contributed by atoms with Gasteiger partial charge in [0.25, 0.3) is 0 Å². The molecular formula is C9H16O4. The van der Waals surface area contributed by atoms with E-state index in [0.717, 1.165) is 0 Å². The van der Waals surface area contributed by atoms with Crippen LogP contribution in [0.1, 0.15) is 26.7 Å². The predicted octanol–water partition coefficient (Wildman–Crippen LogP) is 0.934. The molecule has 0 amide bonds. The minimum Gasteiger partial charge on any atom is -0.460 e. The van der Waals surface area contributed by atoms with Gasteiger partial charge in [-0.15, -0.1) is 0 Å². The summed E-state index contributed by atoms with van der Waals surface area (Å²) in [6.07, 6.45) is 0.159. The van der Waals surface area contributed by atoms with Crippen LogP contribution in [0.15, 0.2) is 0 Å². The lowest BCUT2D eigenvalue weighted by Gasteiger charge is -2.11. The van der Waals surface area contributed by atoms with Gasteiger partial charge in [-0.05, 0) is 13.8 Å². The van der Waals surface area contributed by atoms with Crippen LogP contribution in [0.25, 0.3) is 0 Å². The summed E-state index contributed by atoms with van der Waals surface area (Å²) >= 11 is 0. The second kappa shape index (κ2) is 6.60. The van der Waals surface area contributed by atoms with E-state index < -0.39 is 0 Å². The van der Waals surface area contributed by atoms with Gasteiger partial charge in [0.05, 0.1) is 13.0 Å². The lowest BCUT2D eigenvalue weighted by Crippen LogP contribution is -2.19. The summed E-state index contributed by atoms with van der Waals surface area (Å²) in [6.45, 7) is 3.58. The Labute approximate surface area is 78.2 Å². The normalized spacial score (nSPS) is 12.2. The van der Waals surface area contributed by atoms with Gasteiger partial charge in [-0.25, -0.2) is 0 Å². The third-order valence-corrected chi connectivity index (χ3v) is 1.42. The maximum Gasteiger partial charge on any atom is 0.306 e. The molecule has 0 aliphatic rings. The first-order chi connectivity index (χ1) is 6.06. The Morgan fingerprint density at radius 3 is 2.38 bits per heavy atom. The molecule has 0 saturated carbocycles. The lowest BCUT2D eigenvalue weighted by molar-refractivity contribution is -0.151. The molecule has 0 spiro atoms. The summed E-state index contributed by atoms with van der Waals surface area (Å²) in [7, 11) is 1.54. The number of ether oxygens (including phenoxy) is 2. The minimum absolute atomic E-state index is 0.00338. The molecule has 0 bridgehead atoms. The molecule has 0 fully saturated rings. The highest BCUT2D eigenvalue weighted by Gasteiger charge is 2.09. The van der Waals surface area contributed by atoms with Gasteiger partial charge in [-0.2, -0.15) is 0 Å². The Hall–Kier alpha value is -0.900. The second-order valence-corrected chi connectivity index (χ2v) is 2.96. The zero-order chi connectivity index (χ0) is 10.3. The smallest absolute Gasteiger partial charge is 0.306 e. The van der Waals surface area contributed by atoms with E-state index in [9.17, 15) is 9.59 Å². The monoisotopic (exact) mass is 188 g/mol. The first-order valence-corrected chi connectivity index (χ1v) is 4.24. The molecule has 0 aromatic carbocycles. The molecule has 1 unspecified atom stereocenters. The molecule has 76 valence electrons. The first kappa shape index (κ1) is 12.1. The average Bonchev–Trinajstić information content (AvgIpc) is 2.01. The molecule has 0 aliphatic heterocycles. The van der Waals surface area contributed by atoms with E-state index >= 15 is 0 Å². The molecule has 4 heteroatoms. The number of Topliss-reactive ketones (excluding diaryl/α,β-unsaturated/α-hetero) is 1. The molecule has 0 aromatic heterocycles. The summed E-state index contributed by atoms with van der Waals surface area (Å²) in [4.78, 5) is 21.5. The summed E-state index contributed by atoms with van der Waals surface area (Å²) < 4.78 is 9.71. The first-order valence-electron chi connectivity index (χ1n) is 4.24. The van der Waals surface area contributed by atoms with Crippen molar-refractivity contribution < 1.29 is 19.1 Å². The molecule has 0 heterocycles. The highest BCUT2D eigenvalue weighted by atomic mass is 16.6. The topological polar surface area (TPSA) is 52.6 Å². The van der Waals surface area contributed by atoms with Crippen LogP contribution in [0.4, 0.5) is 0 Å². The second-order valence-electron chi connectivity index (χ2n) is 2.96. The maximum atomic E-state index is 11.0. The van der Waals surface area contributed by atoms with Gasteiger partial charge in [0.15, 0.2) is 0 Å². The minimum atomic E-state index is -0.347. The molecule has 0 rings (SSSR count). The molecule has 4 nitrogen and oxygen atoms in total. The van der Waals surface area contributed by atoms with E-state index in [-0.39, 0.29) is 30.7 Å². The van der Waals surface area contributed by atoms with Crippen molar-refractivity contribution in [2.45, 2.75) is 32.8 Å². The highest BCUT2D eigenvalue weighted by molar-refractivity contribution is 5.80. The van der Waals surface area contributed by atoms with Gasteiger partial charge in [0, 0.05) is 13.5 Å². The van der Waals surface area contributed by atoms with Crippen LogP contribution in [0, 0.1) is 0 Å². The highest BCUT2D eigenvalue weighted by Crippen LogP contribution is 1.98. The van der Waals surface area contributed by atoms with Gasteiger partial charge in [0.2, 0.25) is 0 Å². The van der Waals surface area contributed by atoms with E-state index in [0.29, 0.717) is 6.61 Å². The van der Waals surface area contributed by atoms with Crippen LogP contribution in [0.5, 0.6) is 0 Å². The van der Waals surface area contributed by atoms with Crippen LogP contribution < -0.4 is 0 Å². The summed E-state index contributed by atoms with van der Waals surface area (Å²) in [5.74, 6) is -0.351. The standard InChI is InChI=1S/C9H16O4/c1-7(10)4-5-9(11)13-8(2)6-12-3/h8H,4-6H2,1-3H3. The van der Waals surface area contributed by atoms with E-state index in [1.54, 1.807) is 14.0 Å². The summed E-state index contributed by atoms with van der Waals surface area (Å²) in [6, 6.07) is 0. The van der Waals surface area contributed by atoms with Crippen LogP contribution >= 0.6 is 0 Å². The lowest BCUT2D eigenvalue weighted by atomic mass is 10.2. The van der Waals surface area contributed by atoms with Gasteiger partial charge in [0.1, 0.15) is 11.9 Å². The SMILES string of the molecule is COCC(C)OC(=O)CCC(C)=O. The summed E-state index contributed by atoms with van der Waals surface area (Å²) in [5, 5.41) is 0. The molecule has 0 saturated heterocycles. The maximum absolute atomic E-state index is 11.0. The number of methoxy groups -OCH3 is 1. The van der Waals surface area contributed by atoms with Gasteiger partial charge >= 0.3 is 5.97 Å². The van der Waals surface area contributed by atoms with Crippen molar-refractivity contribution in [3.05, 3.63) is 0 Å². The molecular weight excluding hydrogens is 172 g/mol. The molecule has 0 aromatic rings. The van der Waals surface area contributed by atoms with Gasteiger partial charge in [-0.3, -0.25) is 4.79 Å². The Bertz CT molecular complexity index is 176. The molecule has 13 heavy (non-hydrogen) atoms. The third-order valence-electron chi connectivity index (χ3n) is 1.42. The van der Waals surface area contributed by atoms with Crippen LogP contribution in [-0.2, 0) is 19.1 Å². The number of ketones is 1. The molecule has 1 atom stereocenters. The number of carbonyl (C=O) groups is 2. The Balaban J connectivity index is 3.55. The summed E-state index contributed by atoms with van der Waals surface area (Å²) in [5.41, 5.74) is 0. The van der Waals surface area contributed by atoms with Crippen LogP contribution in [0.3, 0.4) is 0 Å². The molecule has 0 radical (unpaired) electrons. The Morgan fingerprint density at radius 1 is 1.31 bits per heavy atom. The number of esters is 1. The number of carbonyl (C=O) groups excluding carboxylic acids is 2. The Morgan fingerprint density at radius 2 is 1.92 bits per heavy atom. The van der Waals surface area contributed by atoms with Crippen molar-refractivity contribution in [2.24, 2.45) is 0 Å². The van der Waals surface area contributed by atoms with E-state index in [2.05, 4.69) is 0 Å². The Kier molecular flexibility index (Phi) is 6.14. The van der Waals surface area contributed by atoms with Crippen LogP contribution in [-0.4, -0.2) is 31.6 Å². The third kappa shape index (κ3) is 7.46. The molecule has 0 aliphatic carbocycles. The van der Waals surface area contributed by atoms with Crippen molar-refractivity contribution in [1.29, 1.82) is 0 Å². The van der Waals surface area contributed by atoms with E-state index in [1.165, 1.54) is 6.92 Å². The largest absolute Gasteiger partial charge is 0.460 e. The van der Waals surface area contributed by atoms with Gasteiger partial charge in [-0.1, -0.05) is 0 Å². The predicted molar refractivity (Wildman–Crippen MR) is 47.3 cm³/mol. The quantitative estimate of drug-likeness (QED) is 0.582. The van der Waals surface area contributed by atoms with Crippen molar-refractivity contribution in [1.82, 2.24) is 0 Å². The van der Waals surface area contributed by atoms with Crippen molar-refractivity contribution in [2.75, 3.05) is 13.7 Å². The number of hydrogen-bond donors (Lipinski definition) is 0. The van der Waals surface area contributed by atoms with Crippen molar-refractivity contribution in [3.8, 4) is 0 Å². The van der Waals surface area contributed by atoms with Crippen molar-refractivity contribution in [3.63, 3.8) is 0 Å². The number of hydrogen-bond acceptors (Lipinski definition) is 4. The van der Waals surface area contributed by atoms with Gasteiger partial charge < -0.3 is 14.3 Å². The fourth-order valence-electron chi connectivity index (χ4n) is 0.830. The molecule has 0 N–H and O–H groups in total. The van der Waals surface area contributed by atoms with E-state index in [1.807, 2.05) is 0 Å². The fourth-order valence-corrected chi connectivity index (χ4v) is 0.830. The number of rotatable bonds is 6. The van der Waals surface area contributed by atoms with Crippen molar-refractivity contribution >= 4 is 11.8 Å². The fraction of sp³-hybridized carbons (Fsp3) is 0.778. The average molecular weight is 188 g/mol.